The summed E-state index contributed by atoms with van der Waals surface area (Å²) in [5.41, 5.74) is 0. The van der Waals surface area contributed by atoms with Gasteiger partial charge < -0.3 is 16.4 Å². The average molecular weight is 224 g/mol. The van der Waals surface area contributed by atoms with Crippen molar-refractivity contribution in [2.45, 2.75) is 0 Å². The molecule has 6 heteroatoms. The molecule has 0 aromatic rings. The number of hydrogen-bond acceptors (Lipinski definition) is 0. The van der Waals surface area contributed by atoms with E-state index in [0.717, 1.165) is 0 Å². The van der Waals surface area contributed by atoms with Crippen LogP contribution in [0.2, 0.25) is 0 Å². The van der Waals surface area contributed by atoms with E-state index in [2.05, 4.69) is 0 Å². The van der Waals surface area contributed by atoms with Crippen molar-refractivity contribution in [3.05, 3.63) is 0 Å². The quantitative estimate of drug-likeness (QED) is 0.369. The van der Waals surface area contributed by atoms with E-state index in [1.807, 2.05) is 0 Å². The minimum absolute atomic E-state index is 0. The van der Waals surface area contributed by atoms with Crippen LogP contribution in [0.25, 0.3) is 0 Å². The Morgan fingerprint density at radius 2 is 0.500 bits per heavy atom. The summed E-state index contributed by atoms with van der Waals surface area (Å²) in [4.78, 5) is 0. The molecule has 0 amide bonds. The molecule has 6 N–H and O–H groups in total. The third kappa shape index (κ3) is 23.4. The SMILES string of the molecule is O.O.O.[KH].[KH].[SrH2]. The van der Waals surface area contributed by atoms with Crippen molar-refractivity contribution in [3.8, 4) is 0 Å². The van der Waals surface area contributed by atoms with Gasteiger partial charge in [-0.3, -0.25) is 0 Å². The summed E-state index contributed by atoms with van der Waals surface area (Å²) in [7, 11) is 0. The van der Waals surface area contributed by atoms with Gasteiger partial charge in [0.25, 0.3) is 0 Å². The van der Waals surface area contributed by atoms with E-state index in [4.69, 9.17) is 0 Å². The molecule has 0 aromatic heterocycles. The maximum atomic E-state index is 0. The molecule has 6 heavy (non-hydrogen) atoms. The molecule has 0 saturated heterocycles. The fraction of sp³-hybridized carbons (Fsp3) is 0. The summed E-state index contributed by atoms with van der Waals surface area (Å²) in [5, 5.41) is 0. The van der Waals surface area contributed by atoms with Gasteiger partial charge in [-0.2, -0.15) is 0 Å². The fourth-order valence-corrected chi connectivity index (χ4v) is 0. The summed E-state index contributed by atoms with van der Waals surface area (Å²) in [5.74, 6) is 0. The Labute approximate surface area is 159 Å². The van der Waals surface area contributed by atoms with Gasteiger partial charge in [-0.15, -0.1) is 0 Å². The predicted octanol–water partition coefficient (Wildman–Crippen LogP) is -4.69. The van der Waals surface area contributed by atoms with Gasteiger partial charge in [0, 0.05) is 0 Å². The van der Waals surface area contributed by atoms with E-state index in [9.17, 15) is 0 Å². The number of hydrogen-bond donors (Lipinski definition) is 0. The topological polar surface area (TPSA) is 94.5 Å². The summed E-state index contributed by atoms with van der Waals surface area (Å²) in [6, 6.07) is 0. The molecule has 0 rings (SSSR count). The molecule has 0 atom stereocenters. The van der Waals surface area contributed by atoms with E-state index < -0.39 is 0 Å². The van der Waals surface area contributed by atoms with Crippen LogP contribution in [0.1, 0.15) is 0 Å². The second kappa shape index (κ2) is 33.4. The first-order valence-electron chi connectivity index (χ1n) is 0. The first-order valence-corrected chi connectivity index (χ1v) is 0. The second-order valence-corrected chi connectivity index (χ2v) is 0. The van der Waals surface area contributed by atoms with Gasteiger partial charge in [-0.05, 0) is 0 Å². The monoisotopic (exact) mass is 224 g/mol. The van der Waals surface area contributed by atoms with Crippen LogP contribution in [-0.2, 0) is 0 Å². The first kappa shape index (κ1) is 46.0. The zero-order valence-corrected chi connectivity index (χ0v) is 1.50. The molecule has 32 valence electrons. The fourth-order valence-electron chi connectivity index (χ4n) is 0. The Morgan fingerprint density at radius 1 is 0.500 bits per heavy atom. The standard InChI is InChI=1S/2K.3H2O.Sr.4H/h;;3*1H2;;;;;. The van der Waals surface area contributed by atoms with Crippen LogP contribution in [0, 0.1) is 0 Å². The van der Waals surface area contributed by atoms with Crippen molar-refractivity contribution in [3.63, 3.8) is 0 Å². The molecule has 0 aliphatic heterocycles. The van der Waals surface area contributed by atoms with Gasteiger partial charge in [0.1, 0.15) is 0 Å². The number of rotatable bonds is 0. The molecule has 0 aromatic carbocycles. The third-order valence-electron chi connectivity index (χ3n) is 0. The second-order valence-electron chi connectivity index (χ2n) is 0. The first-order chi connectivity index (χ1) is 0. The molecule has 0 radical (unpaired) electrons. The Hall–Kier alpha value is 4.63. The van der Waals surface area contributed by atoms with Crippen molar-refractivity contribution in [2.75, 3.05) is 0 Å². The molecule has 0 fully saturated rings. The van der Waals surface area contributed by atoms with Crippen LogP contribution in [0.15, 0.2) is 0 Å². The van der Waals surface area contributed by atoms with E-state index in [0.29, 0.717) is 0 Å². The van der Waals surface area contributed by atoms with Crippen LogP contribution in [-0.4, -0.2) is 165 Å². The molecule has 0 bridgehead atoms. The molecular weight excluding hydrogens is 214 g/mol. The van der Waals surface area contributed by atoms with Gasteiger partial charge in [0.15, 0.2) is 0 Å². The van der Waals surface area contributed by atoms with E-state index in [1.165, 1.54) is 0 Å². The van der Waals surface area contributed by atoms with Crippen molar-refractivity contribution < 1.29 is 16.4 Å². The summed E-state index contributed by atoms with van der Waals surface area (Å²) in [6.45, 7) is 0. The molecule has 0 unspecified atom stereocenters. The Morgan fingerprint density at radius 3 is 0.500 bits per heavy atom. The summed E-state index contributed by atoms with van der Waals surface area (Å²) < 4.78 is 0. The van der Waals surface area contributed by atoms with E-state index in [1.54, 1.807) is 0 Å². The van der Waals surface area contributed by atoms with Crippen LogP contribution < -0.4 is 0 Å². The Kier molecular flexibility index (Phi) is 256. The third-order valence-corrected chi connectivity index (χ3v) is 0. The van der Waals surface area contributed by atoms with Crippen LogP contribution in [0.5, 0.6) is 0 Å². The van der Waals surface area contributed by atoms with Gasteiger partial charge in [0.05, 0.1) is 0 Å². The zero-order valence-electron chi connectivity index (χ0n) is 1.50. The van der Waals surface area contributed by atoms with Crippen molar-refractivity contribution >= 4 is 148 Å². The Balaban J connectivity index is 0. The minimum atomic E-state index is 0. The summed E-state index contributed by atoms with van der Waals surface area (Å²) >= 11 is 0. The van der Waals surface area contributed by atoms with Crippen molar-refractivity contribution in [1.82, 2.24) is 0 Å². The molecule has 3 nitrogen and oxygen atoms in total. The van der Waals surface area contributed by atoms with E-state index in [-0.39, 0.29) is 165 Å². The van der Waals surface area contributed by atoms with Gasteiger partial charge in [-0.25, -0.2) is 0 Å². The van der Waals surface area contributed by atoms with Crippen LogP contribution >= 0.6 is 0 Å². The molecule has 0 spiro atoms. The predicted molar refractivity (Wildman–Crippen MR) is 33.7 cm³/mol. The summed E-state index contributed by atoms with van der Waals surface area (Å²) in [6.07, 6.45) is 0. The molecule has 0 heterocycles. The van der Waals surface area contributed by atoms with Crippen molar-refractivity contribution in [1.29, 1.82) is 0 Å². The Bertz CT molecular complexity index is 8.75. The maximum absolute atomic E-state index is 0. The molecule has 0 aliphatic carbocycles. The van der Waals surface area contributed by atoms with E-state index >= 15 is 0 Å². The molecule has 0 saturated carbocycles. The zero-order chi connectivity index (χ0) is 0. The van der Waals surface area contributed by atoms with Crippen LogP contribution in [0.4, 0.5) is 0 Å². The van der Waals surface area contributed by atoms with Gasteiger partial charge in [0.2, 0.25) is 0 Å². The normalized spacial score (nSPS) is 0. The average Bonchev–Trinajstić information content (AvgIpc) is 0. The molecule has 0 aliphatic rings. The van der Waals surface area contributed by atoms with Gasteiger partial charge >= 0.3 is 148 Å². The van der Waals surface area contributed by atoms with Gasteiger partial charge in [-0.1, -0.05) is 0 Å². The van der Waals surface area contributed by atoms with Crippen molar-refractivity contribution in [2.24, 2.45) is 0 Å². The van der Waals surface area contributed by atoms with Crippen LogP contribution in [0.3, 0.4) is 0 Å². The molecular formula is H10K2O3Sr.